The molecule has 0 saturated heterocycles. The summed E-state index contributed by atoms with van der Waals surface area (Å²) in [6.45, 7) is 2.07. The van der Waals surface area contributed by atoms with Gasteiger partial charge in [-0.2, -0.15) is 8.78 Å². The number of benzene rings is 1. The number of hydrogen-bond donors (Lipinski definition) is 0. The maximum Gasteiger partial charge on any atom is 0.280 e. The summed E-state index contributed by atoms with van der Waals surface area (Å²) in [5.74, 6) is 0. The molecule has 1 aromatic rings. The summed E-state index contributed by atoms with van der Waals surface area (Å²) < 4.78 is 25.3. The van der Waals surface area contributed by atoms with Gasteiger partial charge >= 0.3 is 0 Å². The van der Waals surface area contributed by atoms with Crippen molar-refractivity contribution in [1.29, 1.82) is 0 Å². The van der Waals surface area contributed by atoms with Crippen LogP contribution in [0, 0.1) is 0 Å². The number of halogens is 2. The number of hydrogen-bond acceptors (Lipinski definition) is 1. The molecule has 0 radical (unpaired) electrons. The summed E-state index contributed by atoms with van der Waals surface area (Å²) in [6, 6.07) is 9.32. The Labute approximate surface area is 99.8 Å². The van der Waals surface area contributed by atoms with Crippen molar-refractivity contribution in [2.75, 3.05) is 0 Å². The van der Waals surface area contributed by atoms with E-state index in [9.17, 15) is 8.78 Å². The highest BCUT2D eigenvalue weighted by atomic mass is 32.2. The van der Waals surface area contributed by atoms with Crippen LogP contribution < -0.4 is 0 Å². The van der Waals surface area contributed by atoms with Crippen LogP contribution in [0.2, 0.25) is 0 Å². The maximum atomic E-state index is 12.7. The summed E-state index contributed by atoms with van der Waals surface area (Å²) in [5, 5.41) is 0. The second kappa shape index (κ2) is 7.44. The van der Waals surface area contributed by atoms with Crippen LogP contribution in [-0.4, -0.2) is 0 Å². The number of thioether (sulfide) groups is 1. The lowest BCUT2D eigenvalue weighted by Gasteiger charge is -2.05. The fraction of sp³-hybridized carbons (Fsp3) is 0.385. The SMILES string of the molecule is CCCCCC(Sc1ccccc1)=C(F)F. The van der Waals surface area contributed by atoms with Crippen LogP contribution >= 0.6 is 11.8 Å². The van der Waals surface area contributed by atoms with E-state index in [-0.39, 0.29) is 4.91 Å². The molecule has 88 valence electrons. The van der Waals surface area contributed by atoms with Gasteiger partial charge in [-0.3, -0.25) is 0 Å². The third-order valence-corrected chi connectivity index (χ3v) is 3.32. The second-order valence-electron chi connectivity index (χ2n) is 3.56. The van der Waals surface area contributed by atoms with Gasteiger partial charge in [-0.25, -0.2) is 0 Å². The number of allylic oxidation sites excluding steroid dienone is 1. The summed E-state index contributed by atoms with van der Waals surface area (Å²) in [5.41, 5.74) is 0. The van der Waals surface area contributed by atoms with Crippen LogP contribution in [-0.2, 0) is 0 Å². The van der Waals surface area contributed by atoms with E-state index in [1.807, 2.05) is 30.3 Å². The zero-order valence-electron chi connectivity index (χ0n) is 9.38. The average molecular weight is 242 g/mol. The van der Waals surface area contributed by atoms with Crippen molar-refractivity contribution < 1.29 is 8.78 Å². The molecule has 1 rings (SSSR count). The van der Waals surface area contributed by atoms with Gasteiger partial charge in [0.25, 0.3) is 6.08 Å². The van der Waals surface area contributed by atoms with Gasteiger partial charge in [0, 0.05) is 4.90 Å². The summed E-state index contributed by atoms with van der Waals surface area (Å²) >= 11 is 1.18. The maximum absolute atomic E-state index is 12.7. The van der Waals surface area contributed by atoms with Gasteiger partial charge in [-0.05, 0) is 25.0 Å². The molecule has 0 spiro atoms. The molecule has 0 heterocycles. The Morgan fingerprint density at radius 1 is 1.12 bits per heavy atom. The van der Waals surface area contributed by atoms with E-state index in [1.165, 1.54) is 11.8 Å². The molecule has 0 unspecified atom stereocenters. The average Bonchev–Trinajstić information content (AvgIpc) is 2.29. The minimum absolute atomic E-state index is 0.208. The van der Waals surface area contributed by atoms with Crippen LogP contribution in [0.15, 0.2) is 46.2 Å². The van der Waals surface area contributed by atoms with E-state index in [0.29, 0.717) is 6.42 Å². The first kappa shape index (κ1) is 13.2. The third-order valence-electron chi connectivity index (χ3n) is 2.20. The molecule has 0 N–H and O–H groups in total. The molecule has 0 atom stereocenters. The van der Waals surface area contributed by atoms with E-state index in [4.69, 9.17) is 0 Å². The quantitative estimate of drug-likeness (QED) is 0.471. The monoisotopic (exact) mass is 242 g/mol. The zero-order chi connectivity index (χ0) is 11.8. The standard InChI is InChI=1S/C13H16F2S/c1-2-3-5-10-12(13(14)15)16-11-8-6-4-7-9-11/h4,6-9H,2-3,5,10H2,1H3. The first-order valence-electron chi connectivity index (χ1n) is 5.51. The second-order valence-corrected chi connectivity index (χ2v) is 4.72. The Kier molecular flexibility index (Phi) is 6.16. The van der Waals surface area contributed by atoms with E-state index in [2.05, 4.69) is 6.92 Å². The molecular weight excluding hydrogens is 226 g/mol. The normalized spacial score (nSPS) is 10.2. The van der Waals surface area contributed by atoms with Crippen molar-refractivity contribution in [2.24, 2.45) is 0 Å². The molecule has 0 aromatic heterocycles. The lowest BCUT2D eigenvalue weighted by Crippen LogP contribution is -1.82. The minimum atomic E-state index is -1.54. The van der Waals surface area contributed by atoms with Gasteiger partial charge in [0.2, 0.25) is 0 Å². The molecule has 0 aliphatic rings. The van der Waals surface area contributed by atoms with Crippen LogP contribution in [0.4, 0.5) is 8.78 Å². The fourth-order valence-corrected chi connectivity index (χ4v) is 2.25. The van der Waals surface area contributed by atoms with Gasteiger partial charge in [-0.1, -0.05) is 49.7 Å². The molecule has 0 nitrogen and oxygen atoms in total. The Balaban J connectivity index is 2.56. The zero-order valence-corrected chi connectivity index (χ0v) is 10.2. The highest BCUT2D eigenvalue weighted by Gasteiger charge is 2.07. The third kappa shape index (κ3) is 4.79. The molecule has 1 aromatic carbocycles. The number of rotatable bonds is 6. The number of unbranched alkanes of at least 4 members (excludes halogenated alkanes) is 2. The molecule has 3 heteroatoms. The van der Waals surface area contributed by atoms with Crippen molar-refractivity contribution >= 4 is 11.8 Å². The topological polar surface area (TPSA) is 0 Å². The molecule has 0 saturated carbocycles. The van der Waals surface area contributed by atoms with Gasteiger partial charge < -0.3 is 0 Å². The van der Waals surface area contributed by atoms with E-state index < -0.39 is 6.08 Å². The predicted octanol–water partition coefficient (Wildman–Crippen LogP) is 5.47. The first-order chi connectivity index (χ1) is 7.74. The van der Waals surface area contributed by atoms with Crippen molar-refractivity contribution in [1.82, 2.24) is 0 Å². The van der Waals surface area contributed by atoms with Crippen LogP contribution in [0.5, 0.6) is 0 Å². The van der Waals surface area contributed by atoms with Crippen LogP contribution in [0.25, 0.3) is 0 Å². The highest BCUT2D eigenvalue weighted by Crippen LogP contribution is 2.33. The lowest BCUT2D eigenvalue weighted by atomic mass is 10.2. The van der Waals surface area contributed by atoms with Gasteiger partial charge in [0.05, 0.1) is 4.91 Å². The van der Waals surface area contributed by atoms with Crippen molar-refractivity contribution in [3.05, 3.63) is 41.3 Å². The van der Waals surface area contributed by atoms with Crippen molar-refractivity contribution in [3.63, 3.8) is 0 Å². The Morgan fingerprint density at radius 2 is 1.81 bits per heavy atom. The Morgan fingerprint density at radius 3 is 2.38 bits per heavy atom. The van der Waals surface area contributed by atoms with Crippen LogP contribution in [0.3, 0.4) is 0 Å². The smallest absolute Gasteiger partial charge is 0.172 e. The summed E-state index contributed by atoms with van der Waals surface area (Å²) in [7, 11) is 0. The summed E-state index contributed by atoms with van der Waals surface area (Å²) in [4.78, 5) is 1.08. The van der Waals surface area contributed by atoms with Gasteiger partial charge in [-0.15, -0.1) is 0 Å². The highest BCUT2D eigenvalue weighted by molar-refractivity contribution is 8.03. The van der Waals surface area contributed by atoms with Crippen molar-refractivity contribution in [2.45, 2.75) is 37.5 Å². The van der Waals surface area contributed by atoms with Gasteiger partial charge in [0.1, 0.15) is 0 Å². The Bertz CT molecular complexity index is 329. The molecule has 0 bridgehead atoms. The fourth-order valence-electron chi connectivity index (χ4n) is 1.35. The molecular formula is C13H16F2S. The van der Waals surface area contributed by atoms with E-state index in [1.54, 1.807) is 0 Å². The molecule has 0 fully saturated rings. The molecule has 16 heavy (non-hydrogen) atoms. The molecule has 0 aliphatic carbocycles. The van der Waals surface area contributed by atoms with Crippen LogP contribution in [0.1, 0.15) is 32.6 Å². The van der Waals surface area contributed by atoms with Crippen molar-refractivity contribution in [3.8, 4) is 0 Å². The van der Waals surface area contributed by atoms with E-state index >= 15 is 0 Å². The molecule has 0 amide bonds. The largest absolute Gasteiger partial charge is 0.280 e. The molecule has 0 aliphatic heterocycles. The van der Waals surface area contributed by atoms with E-state index in [0.717, 1.165) is 24.2 Å². The first-order valence-corrected chi connectivity index (χ1v) is 6.32. The minimum Gasteiger partial charge on any atom is -0.172 e. The lowest BCUT2D eigenvalue weighted by molar-refractivity contribution is 0.414. The summed E-state index contributed by atoms with van der Waals surface area (Å²) in [6.07, 6.45) is 1.84. The Hall–Kier alpha value is -0.830. The predicted molar refractivity (Wildman–Crippen MR) is 65.7 cm³/mol. The van der Waals surface area contributed by atoms with Gasteiger partial charge in [0.15, 0.2) is 0 Å².